The van der Waals surface area contributed by atoms with Crippen molar-refractivity contribution in [3.8, 4) is 5.75 Å². The summed E-state index contributed by atoms with van der Waals surface area (Å²) in [4.78, 5) is 11.7. The highest BCUT2D eigenvalue weighted by molar-refractivity contribution is 9.12. The molecule has 0 amide bonds. The molecule has 0 aliphatic carbocycles. The summed E-state index contributed by atoms with van der Waals surface area (Å²) >= 11 is 5.26. The Morgan fingerprint density at radius 2 is 2.04 bits per heavy atom. The quantitative estimate of drug-likeness (QED) is 0.454. The lowest BCUT2D eigenvalue weighted by Gasteiger charge is -2.28. The Labute approximate surface area is 161 Å². The summed E-state index contributed by atoms with van der Waals surface area (Å²) in [6.45, 7) is 6.47. The lowest BCUT2D eigenvalue weighted by molar-refractivity contribution is -0.166. The molecule has 1 unspecified atom stereocenters. The van der Waals surface area contributed by atoms with E-state index >= 15 is 0 Å². The Morgan fingerprint density at radius 1 is 1.36 bits per heavy atom. The minimum Gasteiger partial charge on any atom is -0.489 e. The highest BCUT2D eigenvalue weighted by atomic mass is 79.9. The Kier molecular flexibility index (Phi) is 6.82. The summed E-state index contributed by atoms with van der Waals surface area (Å²) in [5.41, 5.74) is 0.829. The lowest BCUT2D eigenvalue weighted by Crippen LogP contribution is -2.43. The minimum atomic E-state index is -1.18. The molecule has 0 bridgehead atoms. The Bertz CT molecular complexity index is 636. The second kappa shape index (κ2) is 8.47. The summed E-state index contributed by atoms with van der Waals surface area (Å²) in [5.74, 6) is -0.186. The molecule has 25 heavy (non-hydrogen) atoms. The topological polar surface area (TPSA) is 67.8 Å². The van der Waals surface area contributed by atoms with Gasteiger partial charge < -0.3 is 19.9 Å². The first-order valence-electron chi connectivity index (χ1n) is 8.23. The van der Waals surface area contributed by atoms with Gasteiger partial charge in [0.1, 0.15) is 12.4 Å². The van der Waals surface area contributed by atoms with Crippen molar-refractivity contribution in [3.63, 3.8) is 0 Å². The Balaban J connectivity index is 1.98. The molecule has 0 saturated carbocycles. The number of halogens is 1. The number of carbonyl (C=O) groups is 1. The van der Waals surface area contributed by atoms with Gasteiger partial charge in [0, 0.05) is 18.7 Å². The van der Waals surface area contributed by atoms with Gasteiger partial charge >= 0.3 is 5.97 Å². The normalized spacial score (nSPS) is 22.0. The number of allylic oxidation sites excluding steroid dienone is 1. The summed E-state index contributed by atoms with van der Waals surface area (Å²) in [6.07, 6.45) is 0.742. The maximum Gasteiger partial charge on any atom is 0.336 e. The molecule has 138 valence electrons. The maximum atomic E-state index is 11.7. The van der Waals surface area contributed by atoms with Crippen LogP contribution in [-0.4, -0.2) is 33.7 Å². The van der Waals surface area contributed by atoms with Crippen LogP contribution in [0.5, 0.6) is 5.75 Å². The molecule has 1 aliphatic rings. The molecule has 2 atom stereocenters. The van der Waals surface area contributed by atoms with Crippen LogP contribution in [0.4, 0.5) is 0 Å². The van der Waals surface area contributed by atoms with Crippen LogP contribution in [0.25, 0.3) is 0 Å². The van der Waals surface area contributed by atoms with E-state index in [1.54, 1.807) is 11.8 Å². The predicted octanol–water partition coefficient (Wildman–Crippen LogP) is 4.12. The van der Waals surface area contributed by atoms with Gasteiger partial charge in [-0.05, 0) is 59.3 Å². The minimum absolute atomic E-state index is 0.329. The van der Waals surface area contributed by atoms with Crippen LogP contribution in [0.15, 0.2) is 35.4 Å². The highest BCUT2D eigenvalue weighted by Crippen LogP contribution is 2.37. The largest absolute Gasteiger partial charge is 0.489 e. The zero-order valence-corrected chi connectivity index (χ0v) is 17.1. The van der Waals surface area contributed by atoms with Crippen LogP contribution in [0, 0.1) is 0 Å². The van der Waals surface area contributed by atoms with Crippen LogP contribution in [-0.2, 0) is 16.0 Å². The van der Waals surface area contributed by atoms with Crippen LogP contribution in [0.3, 0.4) is 0 Å². The second-order valence-corrected chi connectivity index (χ2v) is 9.01. The van der Waals surface area contributed by atoms with Crippen molar-refractivity contribution in [2.75, 3.05) is 13.2 Å². The van der Waals surface area contributed by atoms with Gasteiger partial charge in [0.25, 0.3) is 0 Å². The van der Waals surface area contributed by atoms with E-state index in [1.165, 1.54) is 0 Å². The van der Waals surface area contributed by atoms with E-state index in [0.29, 0.717) is 26.1 Å². The first-order chi connectivity index (χ1) is 11.8. The first kappa shape index (κ1) is 20.1. The van der Waals surface area contributed by atoms with Gasteiger partial charge in [-0.1, -0.05) is 30.8 Å². The van der Waals surface area contributed by atoms with Crippen LogP contribution >= 0.6 is 27.7 Å². The van der Waals surface area contributed by atoms with Crippen molar-refractivity contribution in [3.05, 3.63) is 40.9 Å². The zero-order valence-electron chi connectivity index (χ0n) is 14.7. The summed E-state index contributed by atoms with van der Waals surface area (Å²) in [5, 5.41) is 14.9. The van der Waals surface area contributed by atoms with Crippen molar-refractivity contribution in [1.29, 1.82) is 0 Å². The molecule has 1 aliphatic heterocycles. The van der Waals surface area contributed by atoms with E-state index in [9.17, 15) is 9.90 Å². The van der Waals surface area contributed by atoms with Crippen molar-refractivity contribution < 1.29 is 19.4 Å². The number of ether oxygens (including phenoxy) is 2. The lowest BCUT2D eigenvalue weighted by atomic mass is 9.91. The van der Waals surface area contributed by atoms with E-state index in [2.05, 4.69) is 21.2 Å². The molecule has 0 saturated heterocycles. The van der Waals surface area contributed by atoms with Gasteiger partial charge in [-0.15, -0.1) is 0 Å². The van der Waals surface area contributed by atoms with Crippen molar-refractivity contribution in [2.24, 2.45) is 0 Å². The molecule has 2 N–H and O–H groups in total. The Hall–Kier alpha value is -1.18. The zero-order chi connectivity index (χ0) is 18.5. The number of nitrogens with one attached hydrogen (secondary N) is 1. The predicted molar refractivity (Wildman–Crippen MR) is 104 cm³/mol. The Morgan fingerprint density at radius 3 is 2.52 bits per heavy atom. The van der Waals surface area contributed by atoms with E-state index in [1.807, 2.05) is 50.4 Å². The van der Waals surface area contributed by atoms with Gasteiger partial charge in [-0.2, -0.15) is 0 Å². The third kappa shape index (κ3) is 5.15. The van der Waals surface area contributed by atoms with Gasteiger partial charge in [-0.3, -0.25) is 0 Å². The molecule has 1 aromatic carbocycles. The van der Waals surface area contributed by atoms with Crippen LogP contribution < -0.4 is 10.1 Å². The number of carboxylic acid groups (broad SMARTS) is 1. The number of aliphatic carboxylic acids is 1. The summed E-state index contributed by atoms with van der Waals surface area (Å²) < 4.78 is 11.1. The average molecular weight is 430 g/mol. The third-order valence-electron chi connectivity index (χ3n) is 4.03. The van der Waals surface area contributed by atoms with Gasteiger partial charge in [0.05, 0.1) is 0 Å². The fourth-order valence-electron chi connectivity index (χ4n) is 2.66. The molecule has 1 aromatic rings. The number of carboxylic acids is 1. The number of hydrogen-bond donors (Lipinski definition) is 2. The summed E-state index contributed by atoms with van der Waals surface area (Å²) in [6, 6.07) is 7.50. The molecule has 2 rings (SSSR count). The molecule has 1 heterocycles. The van der Waals surface area contributed by atoms with Gasteiger partial charge in [0.15, 0.2) is 9.38 Å². The molecule has 0 fully saturated rings. The smallest absolute Gasteiger partial charge is 0.336 e. The maximum absolute atomic E-state index is 11.7. The molecule has 0 radical (unpaired) electrons. The molecule has 0 aromatic heterocycles. The molecule has 0 spiro atoms. The SMILES string of the molecule is CCO[C@@](CC)(Cc1ccc(OCC2(Br)NC(C)=CS2)cc1)C(=O)O. The van der Waals surface area contributed by atoms with Crippen LogP contribution in [0.2, 0.25) is 0 Å². The fraction of sp³-hybridized carbons (Fsp3) is 0.500. The number of hydrogen-bond acceptors (Lipinski definition) is 5. The number of thioether (sulfide) groups is 1. The van der Waals surface area contributed by atoms with E-state index in [4.69, 9.17) is 9.47 Å². The fourth-order valence-corrected chi connectivity index (χ4v) is 4.13. The van der Waals surface area contributed by atoms with E-state index in [0.717, 1.165) is 17.0 Å². The molecular formula is C18H24BrNO4S. The van der Waals surface area contributed by atoms with Gasteiger partial charge in [0.2, 0.25) is 0 Å². The summed E-state index contributed by atoms with van der Waals surface area (Å²) in [7, 11) is 0. The van der Waals surface area contributed by atoms with E-state index in [-0.39, 0.29) is 3.78 Å². The van der Waals surface area contributed by atoms with Crippen LogP contribution in [0.1, 0.15) is 32.8 Å². The number of alkyl halides is 1. The van der Waals surface area contributed by atoms with Crippen molar-refractivity contribution >= 4 is 33.7 Å². The molecular weight excluding hydrogens is 406 g/mol. The highest BCUT2D eigenvalue weighted by Gasteiger charge is 2.37. The first-order valence-corrected chi connectivity index (χ1v) is 9.90. The number of benzene rings is 1. The monoisotopic (exact) mass is 429 g/mol. The van der Waals surface area contributed by atoms with Crippen molar-refractivity contribution in [1.82, 2.24) is 5.32 Å². The number of rotatable bonds is 9. The molecule has 7 heteroatoms. The average Bonchev–Trinajstić information content (AvgIpc) is 2.93. The van der Waals surface area contributed by atoms with Crippen molar-refractivity contribution in [2.45, 2.75) is 43.0 Å². The van der Waals surface area contributed by atoms with Gasteiger partial charge in [-0.25, -0.2) is 4.79 Å². The second-order valence-electron chi connectivity index (χ2n) is 5.97. The van der Waals surface area contributed by atoms with E-state index < -0.39 is 11.6 Å². The standard InChI is InChI=1S/C18H24BrNO4S/c1-4-17(16(21)22,24-5-2)10-14-6-8-15(9-7-14)23-12-18(19)20-13(3)11-25-18/h6-9,11,20H,4-5,10,12H2,1-3H3,(H,21,22)/t17-,18?/m0/s1. The third-order valence-corrected chi connectivity index (χ3v) is 6.08. The molecule has 5 nitrogen and oxygen atoms in total.